The number of hydrogen-bond donors (Lipinski definition) is 1. The molecule has 0 heterocycles. The summed E-state index contributed by atoms with van der Waals surface area (Å²) in [5, 5.41) is -0.608. The Hall–Kier alpha value is -1.11. The Kier molecular flexibility index (Phi) is 4.37. The highest BCUT2D eigenvalue weighted by molar-refractivity contribution is 7.90. The number of hydrogen-bond acceptors (Lipinski definition) is 4. The Labute approximate surface area is 108 Å². The summed E-state index contributed by atoms with van der Waals surface area (Å²) in [6.45, 7) is 3.29. The van der Waals surface area contributed by atoms with Crippen LogP contribution in [0, 0.1) is 11.8 Å². The summed E-state index contributed by atoms with van der Waals surface area (Å²) in [5.41, 5.74) is 0. The quantitative estimate of drug-likeness (QED) is 0.763. The highest BCUT2D eigenvalue weighted by Gasteiger charge is 2.49. The molecule has 0 radical (unpaired) electrons. The molecule has 2 amide bonds. The molecule has 0 bridgehead atoms. The van der Waals surface area contributed by atoms with Gasteiger partial charge in [-0.3, -0.25) is 14.3 Å². The summed E-state index contributed by atoms with van der Waals surface area (Å²) in [4.78, 5) is 24.7. The molecule has 1 fully saturated rings. The third-order valence-electron chi connectivity index (χ3n) is 3.23. The minimum absolute atomic E-state index is 0.129. The predicted molar refractivity (Wildman–Crippen MR) is 67.1 cm³/mol. The van der Waals surface area contributed by atoms with E-state index in [-0.39, 0.29) is 11.8 Å². The molecule has 3 atom stereocenters. The second-order valence-electron chi connectivity index (χ2n) is 4.91. The van der Waals surface area contributed by atoms with Crippen LogP contribution in [0.15, 0.2) is 0 Å². The third kappa shape index (κ3) is 3.22. The fourth-order valence-electron chi connectivity index (χ4n) is 1.63. The first-order chi connectivity index (χ1) is 8.20. The van der Waals surface area contributed by atoms with Crippen molar-refractivity contribution in [1.29, 1.82) is 0 Å². The van der Waals surface area contributed by atoms with E-state index in [0.29, 0.717) is 12.8 Å². The van der Waals surface area contributed by atoms with E-state index in [2.05, 4.69) is 4.72 Å². The molecule has 0 aromatic heterocycles. The monoisotopic (exact) mass is 276 g/mol. The first-order valence-corrected chi connectivity index (χ1v) is 7.52. The van der Waals surface area contributed by atoms with Crippen LogP contribution in [0.2, 0.25) is 0 Å². The number of carbonyl (C=O) groups excluding carboxylic acids is 2. The summed E-state index contributed by atoms with van der Waals surface area (Å²) >= 11 is 0. The first-order valence-electron chi connectivity index (χ1n) is 5.97. The second kappa shape index (κ2) is 5.26. The summed E-state index contributed by atoms with van der Waals surface area (Å²) in [6, 6.07) is 0. The normalized spacial score (nSPS) is 24.2. The van der Waals surface area contributed by atoms with Crippen LogP contribution in [-0.4, -0.2) is 44.5 Å². The molecule has 0 aromatic rings. The van der Waals surface area contributed by atoms with Gasteiger partial charge >= 0.3 is 0 Å². The molecule has 0 spiro atoms. The van der Waals surface area contributed by atoms with E-state index in [0.717, 1.165) is 0 Å². The lowest BCUT2D eigenvalue weighted by Gasteiger charge is -2.12. The topological polar surface area (TPSA) is 83.5 Å². The maximum absolute atomic E-state index is 11.7. The van der Waals surface area contributed by atoms with Crippen molar-refractivity contribution >= 4 is 21.8 Å². The van der Waals surface area contributed by atoms with Crippen molar-refractivity contribution in [1.82, 2.24) is 9.62 Å². The lowest BCUT2D eigenvalue weighted by atomic mass is 10.3. The Morgan fingerprint density at radius 3 is 2.33 bits per heavy atom. The van der Waals surface area contributed by atoms with Crippen molar-refractivity contribution in [3.05, 3.63) is 0 Å². The minimum Gasteiger partial charge on any atom is -0.349 e. The Balaban J connectivity index is 2.58. The number of carbonyl (C=O) groups is 2. The van der Waals surface area contributed by atoms with Crippen LogP contribution in [0.5, 0.6) is 0 Å². The van der Waals surface area contributed by atoms with Gasteiger partial charge in [0, 0.05) is 14.1 Å². The molecule has 18 heavy (non-hydrogen) atoms. The van der Waals surface area contributed by atoms with E-state index in [4.69, 9.17) is 0 Å². The van der Waals surface area contributed by atoms with Gasteiger partial charge in [0.25, 0.3) is 0 Å². The lowest BCUT2D eigenvalue weighted by molar-refractivity contribution is -0.132. The van der Waals surface area contributed by atoms with Gasteiger partial charge in [-0.25, -0.2) is 8.42 Å². The van der Waals surface area contributed by atoms with Crippen LogP contribution in [0.4, 0.5) is 0 Å². The number of nitrogens with one attached hydrogen (secondary N) is 1. The van der Waals surface area contributed by atoms with Crippen LogP contribution in [-0.2, 0) is 19.6 Å². The third-order valence-corrected chi connectivity index (χ3v) is 5.11. The molecule has 6 nitrogen and oxygen atoms in total. The molecular weight excluding hydrogens is 256 g/mol. The number of rotatable bonds is 5. The molecule has 1 aliphatic carbocycles. The standard InChI is InChI=1S/C11H20N2O4S/c1-5-7(2)18(16,17)12-10(14)8-6-9(8)11(15)13(3)4/h7-9H,5-6H2,1-4H3,(H,12,14)/t7?,8-,9+/m1/s1. The van der Waals surface area contributed by atoms with Crippen LogP contribution >= 0.6 is 0 Å². The highest BCUT2D eigenvalue weighted by atomic mass is 32.2. The summed E-state index contributed by atoms with van der Waals surface area (Å²) < 4.78 is 25.4. The predicted octanol–water partition coefficient (Wildman–Crippen LogP) is -0.0448. The average Bonchev–Trinajstić information content (AvgIpc) is 3.05. The zero-order valence-electron chi connectivity index (χ0n) is 11.1. The molecular formula is C11H20N2O4S. The van der Waals surface area contributed by atoms with Crippen LogP contribution in [0.3, 0.4) is 0 Å². The molecule has 0 saturated heterocycles. The van der Waals surface area contributed by atoms with Gasteiger partial charge in [-0.15, -0.1) is 0 Å². The average molecular weight is 276 g/mol. The zero-order chi connectivity index (χ0) is 14.1. The molecule has 1 aliphatic rings. The van der Waals surface area contributed by atoms with Crippen molar-refractivity contribution in [2.45, 2.75) is 31.9 Å². The van der Waals surface area contributed by atoms with E-state index in [1.54, 1.807) is 27.9 Å². The van der Waals surface area contributed by atoms with Gasteiger partial charge in [-0.05, 0) is 19.8 Å². The lowest BCUT2D eigenvalue weighted by Crippen LogP contribution is -2.38. The maximum Gasteiger partial charge on any atom is 0.237 e. The minimum atomic E-state index is -3.61. The van der Waals surface area contributed by atoms with Gasteiger partial charge in [0.1, 0.15) is 0 Å². The number of amides is 2. The van der Waals surface area contributed by atoms with Crippen molar-refractivity contribution in [2.24, 2.45) is 11.8 Å². The summed E-state index contributed by atoms with van der Waals surface area (Å²) in [6.07, 6.45) is 0.867. The Bertz CT molecular complexity index is 444. The van der Waals surface area contributed by atoms with Crippen LogP contribution in [0.25, 0.3) is 0 Å². The summed E-state index contributed by atoms with van der Waals surface area (Å²) in [5.74, 6) is -1.56. The molecule has 104 valence electrons. The SMILES string of the molecule is CCC(C)S(=O)(=O)NC(=O)[C@@H]1C[C@@H]1C(=O)N(C)C. The van der Waals surface area contributed by atoms with Crippen molar-refractivity contribution in [3.8, 4) is 0 Å². The van der Waals surface area contributed by atoms with E-state index in [1.807, 2.05) is 0 Å². The Morgan fingerprint density at radius 1 is 1.33 bits per heavy atom. The van der Waals surface area contributed by atoms with Crippen molar-refractivity contribution in [2.75, 3.05) is 14.1 Å². The van der Waals surface area contributed by atoms with E-state index >= 15 is 0 Å². The molecule has 0 aliphatic heterocycles. The number of sulfonamides is 1. The molecule has 1 N–H and O–H groups in total. The van der Waals surface area contributed by atoms with Crippen LogP contribution < -0.4 is 4.72 Å². The molecule has 1 unspecified atom stereocenters. The van der Waals surface area contributed by atoms with Gasteiger partial charge in [-0.1, -0.05) is 6.92 Å². The van der Waals surface area contributed by atoms with Gasteiger partial charge in [0.15, 0.2) is 0 Å². The second-order valence-corrected chi connectivity index (χ2v) is 7.01. The highest BCUT2D eigenvalue weighted by Crippen LogP contribution is 2.39. The van der Waals surface area contributed by atoms with Crippen molar-refractivity contribution in [3.63, 3.8) is 0 Å². The van der Waals surface area contributed by atoms with Gasteiger partial charge in [0.05, 0.1) is 17.1 Å². The maximum atomic E-state index is 11.7. The number of nitrogens with zero attached hydrogens (tertiary/aromatic N) is 1. The van der Waals surface area contributed by atoms with Crippen molar-refractivity contribution < 1.29 is 18.0 Å². The first kappa shape index (κ1) is 14.9. The molecule has 1 rings (SSSR count). The molecule has 0 aromatic carbocycles. The molecule has 1 saturated carbocycles. The van der Waals surface area contributed by atoms with E-state index < -0.39 is 27.1 Å². The smallest absolute Gasteiger partial charge is 0.237 e. The fourth-order valence-corrected chi connectivity index (χ4v) is 2.70. The van der Waals surface area contributed by atoms with Gasteiger partial charge in [-0.2, -0.15) is 0 Å². The largest absolute Gasteiger partial charge is 0.349 e. The molecule has 7 heteroatoms. The van der Waals surface area contributed by atoms with Gasteiger partial charge < -0.3 is 4.90 Å². The van der Waals surface area contributed by atoms with E-state index in [1.165, 1.54) is 4.90 Å². The van der Waals surface area contributed by atoms with Crippen LogP contribution in [0.1, 0.15) is 26.7 Å². The fraction of sp³-hybridized carbons (Fsp3) is 0.818. The van der Waals surface area contributed by atoms with E-state index in [9.17, 15) is 18.0 Å². The Morgan fingerprint density at radius 2 is 1.89 bits per heavy atom. The zero-order valence-corrected chi connectivity index (χ0v) is 12.0. The van der Waals surface area contributed by atoms with Gasteiger partial charge in [0.2, 0.25) is 21.8 Å². The summed E-state index contributed by atoms with van der Waals surface area (Å²) in [7, 11) is -0.375.